The highest BCUT2D eigenvalue weighted by molar-refractivity contribution is 6.76. The first-order valence-electron chi connectivity index (χ1n) is 2.62. The predicted octanol–water partition coefficient (Wildman–Crippen LogP) is 1.68. The van der Waals surface area contributed by atoms with E-state index in [2.05, 4.69) is 11.5 Å². The van der Waals surface area contributed by atoms with E-state index in [1.165, 1.54) is 0 Å². The Bertz CT molecular complexity index is 195. The lowest BCUT2D eigenvalue weighted by molar-refractivity contribution is -0.118. The molecular weight excluding hydrogens is 321 g/mol. The molecule has 0 radical (unpaired) electrons. The van der Waals surface area contributed by atoms with Crippen LogP contribution in [-0.4, -0.2) is 19.4 Å². The number of alkyl halides is 6. The quantitative estimate of drug-likeness (QED) is 0.664. The fourth-order valence-corrected chi connectivity index (χ4v) is 0. The number of carbonyl (C=O) groups excluding carboxylic acids is 2. The number of amides is 2. The van der Waals surface area contributed by atoms with E-state index in [9.17, 15) is 9.59 Å². The van der Waals surface area contributed by atoms with Crippen LogP contribution in [0.5, 0.6) is 0 Å². The van der Waals surface area contributed by atoms with Crippen LogP contribution >= 0.6 is 69.6 Å². The highest BCUT2D eigenvalue weighted by atomic mass is 35.6. The second-order valence-electron chi connectivity index (χ2n) is 1.72. The number of halogens is 6. The largest absolute Gasteiger partial charge is 0.366 e. The number of carbonyl (C=O) groups is 2. The summed E-state index contributed by atoms with van der Waals surface area (Å²) in [4.78, 5) is 19.7. The van der Waals surface area contributed by atoms with Gasteiger partial charge in [-0.2, -0.15) is 0 Å². The van der Waals surface area contributed by atoms with Gasteiger partial charge in [-0.05, 0) is 0 Å². The zero-order valence-corrected chi connectivity index (χ0v) is 10.8. The van der Waals surface area contributed by atoms with Crippen molar-refractivity contribution >= 4 is 81.4 Å². The zero-order valence-electron chi connectivity index (χ0n) is 6.24. The Morgan fingerprint density at radius 2 is 0.786 bits per heavy atom. The summed E-state index contributed by atoms with van der Waals surface area (Å²) in [6, 6.07) is 0. The van der Waals surface area contributed by atoms with Gasteiger partial charge in [-0.1, -0.05) is 69.6 Å². The first kappa shape index (κ1) is 17.1. The molecule has 2 amide bonds. The van der Waals surface area contributed by atoms with Crippen molar-refractivity contribution in [2.24, 2.45) is 11.5 Å². The molecule has 0 bridgehead atoms. The van der Waals surface area contributed by atoms with Crippen LogP contribution in [0.25, 0.3) is 0 Å². The topological polar surface area (TPSA) is 86.2 Å². The molecule has 84 valence electrons. The number of primary amides is 2. The van der Waals surface area contributed by atoms with Crippen LogP contribution in [0.1, 0.15) is 0 Å². The minimum absolute atomic E-state index is 0.961. The van der Waals surface area contributed by atoms with Crippen LogP contribution in [0, 0.1) is 0 Å². The molecule has 10 heteroatoms. The Kier molecular flexibility index (Phi) is 7.69. The van der Waals surface area contributed by atoms with Gasteiger partial charge in [0, 0.05) is 0 Å². The molecule has 0 rings (SSSR count). The molecular formula is C4H4Cl6N2O2. The van der Waals surface area contributed by atoms with E-state index in [0.717, 1.165) is 0 Å². The minimum atomic E-state index is -1.94. The molecule has 0 fully saturated rings. The van der Waals surface area contributed by atoms with E-state index in [-0.39, 0.29) is 0 Å². The third-order valence-corrected chi connectivity index (χ3v) is 1.68. The molecule has 0 aromatic heterocycles. The smallest absolute Gasteiger partial charge is 0.269 e. The van der Waals surface area contributed by atoms with Crippen LogP contribution in [-0.2, 0) is 9.59 Å². The average Bonchev–Trinajstić information content (AvgIpc) is 1.83. The fourth-order valence-electron chi connectivity index (χ4n) is 0. The third-order valence-electron chi connectivity index (χ3n) is 0.559. The Balaban J connectivity index is 0. The van der Waals surface area contributed by atoms with E-state index in [0.29, 0.717) is 0 Å². The molecule has 0 unspecified atom stereocenters. The van der Waals surface area contributed by atoms with Crippen LogP contribution < -0.4 is 11.5 Å². The molecule has 0 saturated heterocycles. The van der Waals surface area contributed by atoms with Gasteiger partial charge in [-0.3, -0.25) is 9.59 Å². The van der Waals surface area contributed by atoms with Crippen LogP contribution in [0.3, 0.4) is 0 Å². The van der Waals surface area contributed by atoms with Gasteiger partial charge < -0.3 is 11.5 Å². The lowest BCUT2D eigenvalue weighted by Crippen LogP contribution is -2.27. The van der Waals surface area contributed by atoms with E-state index >= 15 is 0 Å². The number of hydrogen-bond donors (Lipinski definition) is 2. The summed E-state index contributed by atoms with van der Waals surface area (Å²) in [6.07, 6.45) is 0. The summed E-state index contributed by atoms with van der Waals surface area (Å²) < 4.78 is -3.89. The maximum Gasteiger partial charge on any atom is 0.269 e. The van der Waals surface area contributed by atoms with Crippen molar-refractivity contribution in [2.45, 2.75) is 7.59 Å². The summed E-state index contributed by atoms with van der Waals surface area (Å²) in [7, 11) is 0. The summed E-state index contributed by atoms with van der Waals surface area (Å²) >= 11 is 29.5. The molecule has 4 N–H and O–H groups in total. The van der Waals surface area contributed by atoms with Crippen molar-refractivity contribution in [1.82, 2.24) is 0 Å². The van der Waals surface area contributed by atoms with Crippen molar-refractivity contribution in [3.8, 4) is 0 Å². The van der Waals surface area contributed by atoms with Gasteiger partial charge in [0.15, 0.2) is 0 Å². The van der Waals surface area contributed by atoms with E-state index in [4.69, 9.17) is 69.6 Å². The molecule has 0 aliphatic heterocycles. The van der Waals surface area contributed by atoms with E-state index in [1.54, 1.807) is 0 Å². The number of nitrogens with two attached hydrogens (primary N) is 2. The minimum Gasteiger partial charge on any atom is -0.366 e. The molecule has 0 atom stereocenters. The summed E-state index contributed by atoms with van der Waals surface area (Å²) in [5, 5.41) is 0. The summed E-state index contributed by atoms with van der Waals surface area (Å²) in [5.41, 5.74) is 9.07. The summed E-state index contributed by atoms with van der Waals surface area (Å²) in [6.45, 7) is 0. The first-order chi connectivity index (χ1) is 5.89. The van der Waals surface area contributed by atoms with Crippen molar-refractivity contribution < 1.29 is 9.59 Å². The van der Waals surface area contributed by atoms with Crippen molar-refractivity contribution in [2.75, 3.05) is 0 Å². The van der Waals surface area contributed by atoms with E-state index in [1.807, 2.05) is 0 Å². The van der Waals surface area contributed by atoms with E-state index < -0.39 is 19.4 Å². The average molecular weight is 325 g/mol. The van der Waals surface area contributed by atoms with Crippen molar-refractivity contribution in [3.63, 3.8) is 0 Å². The van der Waals surface area contributed by atoms with Gasteiger partial charge in [0.25, 0.3) is 19.4 Å². The van der Waals surface area contributed by atoms with Gasteiger partial charge in [-0.25, -0.2) is 0 Å². The zero-order chi connectivity index (χ0) is 12.2. The summed E-state index contributed by atoms with van der Waals surface area (Å²) in [5.74, 6) is -1.92. The monoisotopic (exact) mass is 322 g/mol. The third kappa shape index (κ3) is 10.8. The lowest BCUT2D eigenvalue weighted by Gasteiger charge is -2.01. The van der Waals surface area contributed by atoms with Gasteiger partial charge >= 0.3 is 0 Å². The fraction of sp³-hybridized carbons (Fsp3) is 0.500. The Morgan fingerprint density at radius 3 is 0.786 bits per heavy atom. The van der Waals surface area contributed by atoms with Gasteiger partial charge in [-0.15, -0.1) is 0 Å². The highest BCUT2D eigenvalue weighted by Crippen LogP contribution is 2.24. The Hall–Kier alpha value is 0.680. The molecule has 0 aromatic carbocycles. The molecule has 4 nitrogen and oxygen atoms in total. The van der Waals surface area contributed by atoms with Gasteiger partial charge in [0.05, 0.1) is 0 Å². The van der Waals surface area contributed by atoms with Crippen molar-refractivity contribution in [3.05, 3.63) is 0 Å². The molecule has 0 aliphatic carbocycles. The lowest BCUT2D eigenvalue weighted by atomic mass is 10.7. The second-order valence-corrected chi connectivity index (χ2v) is 6.29. The Labute approximate surface area is 110 Å². The van der Waals surface area contributed by atoms with Crippen LogP contribution in [0.15, 0.2) is 0 Å². The van der Waals surface area contributed by atoms with Crippen LogP contribution in [0.4, 0.5) is 0 Å². The molecule has 0 aliphatic rings. The van der Waals surface area contributed by atoms with Gasteiger partial charge in [0.2, 0.25) is 0 Å². The highest BCUT2D eigenvalue weighted by Gasteiger charge is 2.27. The predicted molar refractivity (Wildman–Crippen MR) is 59.0 cm³/mol. The Morgan fingerprint density at radius 1 is 0.714 bits per heavy atom. The second kappa shape index (κ2) is 6.30. The first-order valence-corrected chi connectivity index (χ1v) is 4.89. The number of hydrogen-bond acceptors (Lipinski definition) is 2. The normalized spacial score (nSPS) is 11.3. The maximum atomic E-state index is 9.85. The standard InChI is InChI=1S/2C2H2Cl3NO/c2*3-2(4,5)1(6)7/h2*(H2,6,7). The maximum absolute atomic E-state index is 9.85. The molecule has 14 heavy (non-hydrogen) atoms. The van der Waals surface area contributed by atoms with Gasteiger partial charge in [0.1, 0.15) is 0 Å². The molecule has 0 heterocycles. The van der Waals surface area contributed by atoms with Crippen LogP contribution in [0.2, 0.25) is 0 Å². The molecule has 0 aromatic rings. The van der Waals surface area contributed by atoms with Crippen molar-refractivity contribution in [1.29, 1.82) is 0 Å². The SMILES string of the molecule is NC(=O)C(Cl)(Cl)Cl.NC(=O)C(Cl)(Cl)Cl. The number of rotatable bonds is 0. The molecule has 0 spiro atoms. The molecule has 0 saturated carbocycles.